The average Bonchev–Trinajstić information content (AvgIpc) is 1.95. The molecule has 0 atom stereocenters. The van der Waals surface area contributed by atoms with E-state index in [2.05, 4.69) is 0 Å². The average molecular weight is 209 g/mol. The third-order valence-corrected chi connectivity index (χ3v) is 2.13. The molecule has 4 N–H and O–H groups in total. The van der Waals surface area contributed by atoms with E-state index in [1.165, 1.54) is 0 Å². The normalized spacial score (nSPS) is 12.8. The molecule has 0 aromatic heterocycles. The van der Waals surface area contributed by atoms with Crippen LogP contribution >= 0.6 is 0 Å². The Balaban J connectivity index is 3.97. The second-order valence-electron chi connectivity index (χ2n) is 2.41. The first-order valence-electron chi connectivity index (χ1n) is 3.45. The number of primary amides is 1. The minimum atomic E-state index is -4.01. The van der Waals surface area contributed by atoms with E-state index < -0.39 is 21.8 Å². The van der Waals surface area contributed by atoms with Crippen molar-refractivity contribution in [3.63, 3.8) is 0 Å². The van der Waals surface area contributed by atoms with Crippen molar-refractivity contribution < 1.29 is 22.9 Å². The predicted molar refractivity (Wildman–Crippen MR) is 45.6 cm³/mol. The number of hydrogen-bond donors (Lipinski definition) is 3. The number of aliphatic hydroxyl groups excluding tert-OH is 1. The monoisotopic (exact) mass is 209 g/mol. The molecule has 7 heteroatoms. The van der Waals surface area contributed by atoms with Crippen LogP contribution in [0.25, 0.3) is 0 Å². The number of rotatable bonds is 5. The van der Waals surface area contributed by atoms with Gasteiger partial charge in [-0.05, 0) is 12.8 Å². The quantitative estimate of drug-likeness (QED) is 0.323. The molecule has 0 saturated heterocycles. The Kier molecular flexibility index (Phi) is 4.43. The maximum Gasteiger partial charge on any atom is 0.264 e. The number of carbonyl (C=O) groups excluding carboxylic acids is 1. The number of amides is 1. The predicted octanol–water partition coefficient (Wildman–Crippen LogP) is -0.418. The second kappa shape index (κ2) is 4.83. The Labute approximate surface area is 75.8 Å². The van der Waals surface area contributed by atoms with Gasteiger partial charge in [-0.25, -0.2) is 0 Å². The van der Waals surface area contributed by atoms with E-state index in [0.717, 1.165) is 0 Å². The Morgan fingerprint density at radius 3 is 2.31 bits per heavy atom. The van der Waals surface area contributed by atoms with E-state index >= 15 is 0 Å². The van der Waals surface area contributed by atoms with E-state index in [1.807, 2.05) is 0 Å². The zero-order chi connectivity index (χ0) is 10.5. The third kappa shape index (κ3) is 6.12. The highest BCUT2D eigenvalue weighted by atomic mass is 32.2. The summed E-state index contributed by atoms with van der Waals surface area (Å²) < 4.78 is 28.8. The summed E-state index contributed by atoms with van der Waals surface area (Å²) in [6, 6.07) is 0. The fourth-order valence-electron chi connectivity index (χ4n) is 0.696. The van der Waals surface area contributed by atoms with Crippen LogP contribution in [0.2, 0.25) is 0 Å². The van der Waals surface area contributed by atoms with Crippen LogP contribution < -0.4 is 5.73 Å². The largest absolute Gasteiger partial charge is 0.515 e. The van der Waals surface area contributed by atoms with Crippen molar-refractivity contribution in [3.8, 4) is 0 Å². The topological polar surface area (TPSA) is 118 Å². The third-order valence-electron chi connectivity index (χ3n) is 1.32. The van der Waals surface area contributed by atoms with Gasteiger partial charge in [0.1, 0.15) is 0 Å². The van der Waals surface area contributed by atoms with E-state index in [9.17, 15) is 13.2 Å². The van der Waals surface area contributed by atoms with Gasteiger partial charge in [0, 0.05) is 0 Å². The summed E-state index contributed by atoms with van der Waals surface area (Å²) in [7, 11) is -4.01. The van der Waals surface area contributed by atoms with Gasteiger partial charge in [0.05, 0.1) is 17.6 Å². The molecule has 0 radical (unpaired) electrons. The van der Waals surface area contributed by atoms with E-state index in [1.54, 1.807) is 0 Å². The molecule has 6 nitrogen and oxygen atoms in total. The van der Waals surface area contributed by atoms with Gasteiger partial charge < -0.3 is 10.8 Å². The molecule has 0 spiro atoms. The molecule has 0 aliphatic carbocycles. The summed E-state index contributed by atoms with van der Waals surface area (Å²) in [5.41, 5.74) is 4.75. The molecule has 0 heterocycles. The van der Waals surface area contributed by atoms with Crippen LogP contribution in [0.15, 0.2) is 11.8 Å². The van der Waals surface area contributed by atoms with E-state index in [4.69, 9.17) is 15.4 Å². The smallest absolute Gasteiger partial charge is 0.264 e. The molecule has 0 aliphatic rings. The molecule has 0 rings (SSSR count). The lowest BCUT2D eigenvalue weighted by molar-refractivity contribution is -0.114. The van der Waals surface area contributed by atoms with Crippen LogP contribution in [-0.4, -0.2) is 29.7 Å². The molecule has 0 unspecified atom stereocenters. The SMILES string of the molecule is NC(=O)C(=CO)CCCS(=O)(=O)O. The Morgan fingerprint density at radius 2 is 2.00 bits per heavy atom. The number of carbonyl (C=O) groups is 1. The molecule has 0 aromatic carbocycles. The summed E-state index contributed by atoms with van der Waals surface area (Å²) in [6.45, 7) is 0. The van der Waals surface area contributed by atoms with Gasteiger partial charge >= 0.3 is 0 Å². The zero-order valence-corrected chi connectivity index (χ0v) is 7.62. The van der Waals surface area contributed by atoms with Gasteiger partial charge in [0.25, 0.3) is 10.1 Å². The van der Waals surface area contributed by atoms with Gasteiger partial charge in [0.2, 0.25) is 5.91 Å². The van der Waals surface area contributed by atoms with Crippen LogP contribution in [0, 0.1) is 0 Å². The van der Waals surface area contributed by atoms with Crippen molar-refractivity contribution in [2.45, 2.75) is 12.8 Å². The van der Waals surface area contributed by atoms with Gasteiger partial charge in [-0.3, -0.25) is 9.35 Å². The van der Waals surface area contributed by atoms with Gasteiger partial charge in [-0.1, -0.05) is 0 Å². The van der Waals surface area contributed by atoms with Gasteiger partial charge in [-0.2, -0.15) is 8.42 Å². The fourth-order valence-corrected chi connectivity index (χ4v) is 1.21. The molecule has 0 bridgehead atoms. The first kappa shape index (κ1) is 11.9. The van der Waals surface area contributed by atoms with Crippen molar-refractivity contribution in [3.05, 3.63) is 11.8 Å². The first-order chi connectivity index (χ1) is 5.87. The molecule has 1 amide bonds. The Bertz CT molecular complexity index is 305. The fraction of sp³-hybridized carbons (Fsp3) is 0.500. The maximum absolute atomic E-state index is 10.5. The number of aliphatic hydroxyl groups is 1. The van der Waals surface area contributed by atoms with Gasteiger partial charge in [0.15, 0.2) is 0 Å². The molecule has 0 fully saturated rings. The molecule has 0 aromatic rings. The van der Waals surface area contributed by atoms with Crippen molar-refractivity contribution in [1.29, 1.82) is 0 Å². The van der Waals surface area contributed by atoms with Crippen LogP contribution in [0.3, 0.4) is 0 Å². The first-order valence-corrected chi connectivity index (χ1v) is 5.06. The molecule has 0 aliphatic heterocycles. The van der Waals surface area contributed by atoms with Crippen LogP contribution in [0.1, 0.15) is 12.8 Å². The summed E-state index contributed by atoms with van der Waals surface area (Å²) in [4.78, 5) is 10.5. The summed E-state index contributed by atoms with van der Waals surface area (Å²) in [6.07, 6.45) is 0.589. The lowest BCUT2D eigenvalue weighted by atomic mass is 10.1. The Hall–Kier alpha value is -1.08. The van der Waals surface area contributed by atoms with Crippen molar-refractivity contribution in [2.24, 2.45) is 5.73 Å². The van der Waals surface area contributed by atoms with Crippen LogP contribution in [-0.2, 0) is 14.9 Å². The molecular weight excluding hydrogens is 198 g/mol. The maximum atomic E-state index is 10.5. The highest BCUT2D eigenvalue weighted by Crippen LogP contribution is 2.04. The number of nitrogens with two attached hydrogens (primary N) is 1. The van der Waals surface area contributed by atoms with Gasteiger partial charge in [-0.15, -0.1) is 0 Å². The summed E-state index contributed by atoms with van der Waals surface area (Å²) >= 11 is 0. The minimum Gasteiger partial charge on any atom is -0.515 e. The van der Waals surface area contributed by atoms with E-state index in [-0.39, 0.29) is 18.4 Å². The molecule has 13 heavy (non-hydrogen) atoms. The van der Waals surface area contributed by atoms with Crippen molar-refractivity contribution in [2.75, 3.05) is 5.75 Å². The zero-order valence-electron chi connectivity index (χ0n) is 6.80. The van der Waals surface area contributed by atoms with E-state index in [0.29, 0.717) is 6.26 Å². The van der Waals surface area contributed by atoms with Crippen molar-refractivity contribution >= 4 is 16.0 Å². The Morgan fingerprint density at radius 1 is 1.46 bits per heavy atom. The molecule has 76 valence electrons. The van der Waals surface area contributed by atoms with Crippen LogP contribution in [0.5, 0.6) is 0 Å². The lowest BCUT2D eigenvalue weighted by Crippen LogP contribution is -2.15. The molecule has 0 saturated carbocycles. The summed E-state index contributed by atoms with van der Waals surface area (Å²) in [5, 5.41) is 8.45. The summed E-state index contributed by atoms with van der Waals surface area (Å²) in [5.74, 6) is -1.27. The standard InChI is InChI=1S/C6H11NO5S/c7-6(9)5(4-8)2-1-3-13(10,11)12/h4,8H,1-3H2,(H2,7,9)(H,10,11,12). The number of hydrogen-bond acceptors (Lipinski definition) is 4. The highest BCUT2D eigenvalue weighted by molar-refractivity contribution is 7.85. The second-order valence-corrected chi connectivity index (χ2v) is 3.98. The minimum absolute atomic E-state index is 0.0195. The highest BCUT2D eigenvalue weighted by Gasteiger charge is 2.08. The molecular formula is C6H11NO5S. The van der Waals surface area contributed by atoms with Crippen molar-refractivity contribution in [1.82, 2.24) is 0 Å². The van der Waals surface area contributed by atoms with Crippen LogP contribution in [0.4, 0.5) is 0 Å². The lowest BCUT2D eigenvalue weighted by Gasteiger charge is -1.99.